The predicted molar refractivity (Wildman–Crippen MR) is 116 cm³/mol. The van der Waals surface area contributed by atoms with Crippen LogP contribution in [0, 0.1) is 11.3 Å². The third-order valence-electron chi connectivity index (χ3n) is 4.71. The number of carbonyl (C=O) groups excluding carboxylic acids is 1. The zero-order valence-corrected chi connectivity index (χ0v) is 16.5. The summed E-state index contributed by atoms with van der Waals surface area (Å²) in [7, 11) is 0. The zero-order valence-electron chi connectivity index (χ0n) is 15.7. The van der Waals surface area contributed by atoms with Crippen LogP contribution in [-0.2, 0) is 10.5 Å². The van der Waals surface area contributed by atoms with E-state index >= 15 is 0 Å². The lowest BCUT2D eigenvalue weighted by Gasteiger charge is -2.13. The highest BCUT2D eigenvalue weighted by Gasteiger charge is 2.18. The number of rotatable bonds is 5. The molecule has 6 nitrogen and oxygen atoms in total. The lowest BCUT2D eigenvalue weighted by molar-refractivity contribution is -0.115. The van der Waals surface area contributed by atoms with Crippen LogP contribution in [0.1, 0.15) is 18.1 Å². The average Bonchev–Trinajstić information content (AvgIpc) is 3.12. The summed E-state index contributed by atoms with van der Waals surface area (Å²) < 4.78 is 1.52. The number of nitrogens with zero attached hydrogens (tertiary/aromatic N) is 2. The molecule has 2 aromatic heterocycles. The molecule has 4 rings (SSSR count). The first kappa shape index (κ1) is 18.8. The number of H-pyrrole nitrogens is 1. The van der Waals surface area contributed by atoms with Gasteiger partial charge in [-0.2, -0.15) is 5.26 Å². The molecule has 0 saturated heterocycles. The van der Waals surface area contributed by atoms with Crippen LogP contribution in [0.2, 0.25) is 0 Å². The van der Waals surface area contributed by atoms with Crippen molar-refractivity contribution in [2.24, 2.45) is 0 Å². The Balaban J connectivity index is 1.59. The van der Waals surface area contributed by atoms with E-state index in [9.17, 15) is 14.9 Å². The van der Waals surface area contributed by atoms with Gasteiger partial charge in [0.15, 0.2) is 0 Å². The first-order valence-electron chi connectivity index (χ1n) is 9.11. The molecule has 0 unspecified atom stereocenters. The first-order valence-corrected chi connectivity index (χ1v) is 10.2. The van der Waals surface area contributed by atoms with E-state index in [-0.39, 0.29) is 16.7 Å². The number of aromatic nitrogens is 2. The van der Waals surface area contributed by atoms with E-state index < -0.39 is 0 Å². The van der Waals surface area contributed by atoms with Crippen LogP contribution < -0.4 is 10.9 Å². The van der Waals surface area contributed by atoms with Crippen molar-refractivity contribution in [2.45, 2.75) is 17.9 Å². The molecule has 1 atom stereocenters. The second-order valence-electron chi connectivity index (χ2n) is 6.63. The summed E-state index contributed by atoms with van der Waals surface area (Å²) >= 11 is 1.39. The van der Waals surface area contributed by atoms with Crippen LogP contribution in [0.5, 0.6) is 0 Å². The minimum absolute atomic E-state index is 0.122. The molecule has 0 spiro atoms. The molecule has 0 aliphatic carbocycles. The number of benzene rings is 2. The molecule has 0 aliphatic heterocycles. The number of pyridine rings is 1. The standard InChI is InChI=1S/C22H18N4O2S/c1-14(22(28)24-16-7-3-2-4-8-16)29-13-15-11-20(27)26-19-10-6-5-9-18(19)25-21(26)17(15)12-23/h2-11,14,25H,13H2,1H3,(H,24,28)/t14-/m1/s1. The molecule has 0 radical (unpaired) electrons. The lowest BCUT2D eigenvalue weighted by Crippen LogP contribution is -2.22. The Morgan fingerprint density at radius 1 is 1.21 bits per heavy atom. The fourth-order valence-electron chi connectivity index (χ4n) is 3.21. The molecule has 144 valence electrons. The van der Waals surface area contributed by atoms with Gasteiger partial charge in [0, 0.05) is 17.5 Å². The van der Waals surface area contributed by atoms with Crippen molar-refractivity contribution in [1.29, 1.82) is 5.26 Å². The summed E-state index contributed by atoms with van der Waals surface area (Å²) in [6.45, 7) is 1.81. The molecule has 2 aromatic carbocycles. The lowest BCUT2D eigenvalue weighted by atomic mass is 10.1. The number of nitriles is 1. The number of para-hydroxylation sites is 3. The van der Waals surface area contributed by atoms with Gasteiger partial charge in [-0.1, -0.05) is 30.3 Å². The van der Waals surface area contributed by atoms with Gasteiger partial charge in [-0.25, -0.2) is 0 Å². The van der Waals surface area contributed by atoms with Crippen molar-refractivity contribution in [3.63, 3.8) is 0 Å². The van der Waals surface area contributed by atoms with Crippen LogP contribution in [0.15, 0.2) is 65.5 Å². The Bertz CT molecular complexity index is 1300. The van der Waals surface area contributed by atoms with Crippen LogP contribution in [-0.4, -0.2) is 20.5 Å². The van der Waals surface area contributed by atoms with Gasteiger partial charge < -0.3 is 10.3 Å². The molecule has 0 aliphatic rings. The maximum Gasteiger partial charge on any atom is 0.257 e. The van der Waals surface area contributed by atoms with E-state index in [4.69, 9.17) is 0 Å². The highest BCUT2D eigenvalue weighted by Crippen LogP contribution is 2.24. The Morgan fingerprint density at radius 2 is 1.93 bits per heavy atom. The molecule has 0 bridgehead atoms. The first-order chi connectivity index (χ1) is 14.1. The van der Waals surface area contributed by atoms with Crippen molar-refractivity contribution in [2.75, 3.05) is 5.32 Å². The second kappa shape index (κ2) is 7.86. The van der Waals surface area contributed by atoms with E-state index in [1.54, 1.807) is 0 Å². The van der Waals surface area contributed by atoms with Crippen molar-refractivity contribution in [1.82, 2.24) is 9.38 Å². The van der Waals surface area contributed by atoms with Crippen LogP contribution in [0.4, 0.5) is 5.69 Å². The molecule has 7 heteroatoms. The Kier molecular flexibility index (Phi) is 5.10. The number of imidazole rings is 1. The summed E-state index contributed by atoms with van der Waals surface area (Å²) in [4.78, 5) is 28.3. The van der Waals surface area contributed by atoms with E-state index in [1.165, 1.54) is 22.2 Å². The summed E-state index contributed by atoms with van der Waals surface area (Å²) in [6.07, 6.45) is 0. The van der Waals surface area contributed by atoms with Gasteiger partial charge in [0.1, 0.15) is 11.7 Å². The number of carbonyl (C=O) groups is 1. The molecule has 0 fully saturated rings. The quantitative estimate of drug-likeness (QED) is 0.529. The number of hydrogen-bond donors (Lipinski definition) is 2. The summed E-state index contributed by atoms with van der Waals surface area (Å²) in [6, 6.07) is 20.4. The van der Waals surface area contributed by atoms with E-state index in [0.717, 1.165) is 16.7 Å². The smallest absolute Gasteiger partial charge is 0.257 e. The highest BCUT2D eigenvalue weighted by molar-refractivity contribution is 7.99. The van der Waals surface area contributed by atoms with Crippen molar-refractivity contribution in [3.05, 3.63) is 82.1 Å². The highest BCUT2D eigenvalue weighted by atomic mass is 32.2. The topological polar surface area (TPSA) is 90.2 Å². The van der Waals surface area contributed by atoms with Gasteiger partial charge in [0.25, 0.3) is 5.56 Å². The number of hydrogen-bond acceptors (Lipinski definition) is 4. The van der Waals surface area contributed by atoms with Gasteiger partial charge >= 0.3 is 0 Å². The molecule has 1 amide bonds. The fraction of sp³-hybridized carbons (Fsp3) is 0.136. The number of amides is 1. The Hall–Kier alpha value is -3.50. The largest absolute Gasteiger partial charge is 0.338 e. The molecule has 2 N–H and O–H groups in total. The minimum Gasteiger partial charge on any atom is -0.338 e. The maximum atomic E-state index is 12.7. The van der Waals surface area contributed by atoms with Gasteiger partial charge in [-0.3, -0.25) is 14.0 Å². The number of anilines is 1. The number of nitrogens with one attached hydrogen (secondary N) is 2. The van der Waals surface area contributed by atoms with Crippen molar-refractivity contribution < 1.29 is 4.79 Å². The number of aromatic amines is 1. The normalized spacial score (nSPS) is 12.0. The molecular weight excluding hydrogens is 384 g/mol. The Labute approximate surface area is 171 Å². The SMILES string of the molecule is C[C@@H](SCc1cc(=O)n2c([nH]c3ccccc32)c1C#N)C(=O)Nc1ccccc1. The van der Waals surface area contributed by atoms with Crippen LogP contribution in [0.3, 0.4) is 0 Å². The fourth-order valence-corrected chi connectivity index (χ4v) is 4.08. The number of thioether (sulfide) groups is 1. The molecule has 0 saturated carbocycles. The van der Waals surface area contributed by atoms with Gasteiger partial charge in [-0.05, 0) is 36.8 Å². The van der Waals surface area contributed by atoms with Crippen LogP contribution in [0.25, 0.3) is 16.7 Å². The third-order valence-corrected chi connectivity index (χ3v) is 5.90. The minimum atomic E-state index is -0.345. The maximum absolute atomic E-state index is 12.7. The summed E-state index contributed by atoms with van der Waals surface area (Å²) in [5, 5.41) is 12.3. The molecule has 29 heavy (non-hydrogen) atoms. The number of fused-ring (bicyclic) bond motifs is 3. The Morgan fingerprint density at radius 3 is 2.69 bits per heavy atom. The average molecular weight is 402 g/mol. The van der Waals surface area contributed by atoms with Crippen molar-refractivity contribution >= 4 is 40.0 Å². The van der Waals surface area contributed by atoms with E-state index in [1.807, 2.05) is 61.5 Å². The molecule has 4 aromatic rings. The van der Waals surface area contributed by atoms with Gasteiger partial charge in [-0.15, -0.1) is 11.8 Å². The van der Waals surface area contributed by atoms with Crippen LogP contribution >= 0.6 is 11.8 Å². The van der Waals surface area contributed by atoms with E-state index in [0.29, 0.717) is 22.5 Å². The second-order valence-corrected chi connectivity index (χ2v) is 7.96. The summed E-state index contributed by atoms with van der Waals surface area (Å²) in [5.74, 6) is 0.260. The van der Waals surface area contributed by atoms with Gasteiger partial charge in [0.2, 0.25) is 5.91 Å². The predicted octanol–water partition coefficient (Wildman–Crippen LogP) is 3.91. The monoisotopic (exact) mass is 402 g/mol. The van der Waals surface area contributed by atoms with Crippen molar-refractivity contribution in [3.8, 4) is 6.07 Å². The van der Waals surface area contributed by atoms with Gasteiger partial charge in [0.05, 0.1) is 21.8 Å². The molecular formula is C22H18N4O2S. The third kappa shape index (κ3) is 3.62. The summed E-state index contributed by atoms with van der Waals surface area (Å²) in [5.41, 5.74) is 3.59. The zero-order chi connectivity index (χ0) is 20.4. The van der Waals surface area contributed by atoms with E-state index in [2.05, 4.69) is 16.4 Å². The molecule has 2 heterocycles.